The number of benzene rings is 2. The number of para-hydroxylation sites is 2. The summed E-state index contributed by atoms with van der Waals surface area (Å²) in [6.45, 7) is 2.03. The first kappa shape index (κ1) is 21.4. The molecule has 29 heavy (non-hydrogen) atoms. The molecule has 0 spiro atoms. The number of methoxy groups -OCH3 is 2. The van der Waals surface area contributed by atoms with Gasteiger partial charge in [-0.05, 0) is 19.1 Å². The van der Waals surface area contributed by atoms with E-state index in [2.05, 4.69) is 5.32 Å². The molecule has 0 amide bonds. The summed E-state index contributed by atoms with van der Waals surface area (Å²) in [6, 6.07) is 11.0. The van der Waals surface area contributed by atoms with Gasteiger partial charge in [0.05, 0.1) is 38.0 Å². The Morgan fingerprint density at radius 3 is 2.59 bits per heavy atom. The van der Waals surface area contributed by atoms with Gasteiger partial charge in [-0.1, -0.05) is 48.1 Å². The second-order valence-electron chi connectivity index (χ2n) is 6.29. The van der Waals surface area contributed by atoms with Crippen LogP contribution in [-0.2, 0) is 14.3 Å². The Kier molecular flexibility index (Phi) is 6.95. The summed E-state index contributed by atoms with van der Waals surface area (Å²) >= 11 is 11.9. The summed E-state index contributed by atoms with van der Waals surface area (Å²) in [5.41, 5.74) is 2.15. The molecule has 3 rings (SSSR count). The number of thiocarbonyl (C=S) groups is 1. The maximum absolute atomic E-state index is 12.1. The largest absolute Gasteiger partial charge is 0.493 e. The number of fused-ring (bicyclic) bond motifs is 1. The fraction of sp³-hybridized carbons (Fsp3) is 0.333. The number of ether oxygens (including phenoxy) is 4. The SMILES string of the molecule is CCOC(=O)C[C@@H]1O[C@@H](c2cccc(OC)c2OC)c2cccc(Cl)c2NC1=S. The fourth-order valence-corrected chi connectivity index (χ4v) is 3.74. The van der Waals surface area contributed by atoms with E-state index in [-0.39, 0.29) is 13.0 Å². The van der Waals surface area contributed by atoms with Crippen molar-refractivity contribution in [3.63, 3.8) is 0 Å². The minimum atomic E-state index is -0.701. The second-order valence-corrected chi connectivity index (χ2v) is 7.14. The third kappa shape index (κ3) is 4.47. The molecular weight excluding hydrogens is 414 g/mol. The topological polar surface area (TPSA) is 66.0 Å². The highest BCUT2D eigenvalue weighted by Crippen LogP contribution is 2.44. The van der Waals surface area contributed by atoms with Gasteiger partial charge >= 0.3 is 5.97 Å². The first-order valence-electron chi connectivity index (χ1n) is 9.11. The molecule has 0 aliphatic carbocycles. The zero-order valence-electron chi connectivity index (χ0n) is 16.4. The van der Waals surface area contributed by atoms with Crippen LogP contribution in [0.25, 0.3) is 0 Å². The van der Waals surface area contributed by atoms with Crippen LogP contribution in [0.2, 0.25) is 5.02 Å². The molecule has 0 aromatic heterocycles. The van der Waals surface area contributed by atoms with Crippen molar-refractivity contribution < 1.29 is 23.7 Å². The molecule has 1 heterocycles. The lowest BCUT2D eigenvalue weighted by atomic mass is 9.98. The van der Waals surface area contributed by atoms with Crippen LogP contribution in [-0.4, -0.2) is 37.9 Å². The normalized spacial score (nSPS) is 18.3. The van der Waals surface area contributed by atoms with Gasteiger partial charge in [-0.3, -0.25) is 4.79 Å². The van der Waals surface area contributed by atoms with Gasteiger partial charge in [0.25, 0.3) is 0 Å². The average molecular weight is 436 g/mol. The summed E-state index contributed by atoms with van der Waals surface area (Å²) in [4.78, 5) is 12.5. The quantitative estimate of drug-likeness (QED) is 0.527. The minimum Gasteiger partial charge on any atom is -0.493 e. The Hall–Kier alpha value is -2.35. The van der Waals surface area contributed by atoms with Gasteiger partial charge in [-0.25, -0.2) is 0 Å². The van der Waals surface area contributed by atoms with E-state index in [9.17, 15) is 4.79 Å². The van der Waals surface area contributed by atoms with E-state index in [1.54, 1.807) is 33.3 Å². The lowest BCUT2D eigenvalue weighted by molar-refractivity contribution is -0.145. The number of halogens is 1. The smallest absolute Gasteiger partial charge is 0.308 e. The predicted octanol–water partition coefficient (Wildman–Crippen LogP) is 4.54. The number of hydrogen-bond acceptors (Lipinski definition) is 6. The first-order valence-corrected chi connectivity index (χ1v) is 9.90. The number of carbonyl (C=O) groups is 1. The zero-order valence-corrected chi connectivity index (χ0v) is 17.9. The zero-order chi connectivity index (χ0) is 21.0. The molecule has 8 heteroatoms. The van der Waals surface area contributed by atoms with E-state index in [0.717, 1.165) is 11.1 Å². The minimum absolute atomic E-state index is 0.0198. The van der Waals surface area contributed by atoms with Crippen LogP contribution in [0.5, 0.6) is 11.5 Å². The van der Waals surface area contributed by atoms with Crippen LogP contribution in [0.15, 0.2) is 36.4 Å². The summed E-state index contributed by atoms with van der Waals surface area (Å²) in [7, 11) is 3.14. The lowest BCUT2D eigenvalue weighted by Gasteiger charge is -2.24. The van der Waals surface area contributed by atoms with Crippen molar-refractivity contribution >= 4 is 40.5 Å². The van der Waals surface area contributed by atoms with Gasteiger partial charge in [-0.15, -0.1) is 0 Å². The molecule has 0 unspecified atom stereocenters. The van der Waals surface area contributed by atoms with E-state index >= 15 is 0 Å². The number of hydrogen-bond donors (Lipinski definition) is 1. The molecule has 0 fully saturated rings. The Bertz CT molecular complexity index is 920. The van der Waals surface area contributed by atoms with Crippen molar-refractivity contribution in [3.8, 4) is 11.5 Å². The molecule has 1 aliphatic rings. The summed E-state index contributed by atoms with van der Waals surface area (Å²) in [5, 5.41) is 3.65. The van der Waals surface area contributed by atoms with Crippen LogP contribution in [0, 0.1) is 0 Å². The van der Waals surface area contributed by atoms with Gasteiger partial charge in [0.15, 0.2) is 11.5 Å². The molecule has 0 saturated heterocycles. The van der Waals surface area contributed by atoms with Gasteiger partial charge in [0.2, 0.25) is 0 Å². The molecule has 1 N–H and O–H groups in total. The second kappa shape index (κ2) is 9.43. The molecular formula is C21H22ClNO5S. The van der Waals surface area contributed by atoms with Crippen molar-refractivity contribution in [2.45, 2.75) is 25.6 Å². The summed E-state index contributed by atoms with van der Waals surface area (Å²) in [6.07, 6.45) is -1.32. The van der Waals surface area contributed by atoms with Crippen molar-refractivity contribution in [3.05, 3.63) is 52.5 Å². The average Bonchev–Trinajstić information content (AvgIpc) is 2.85. The van der Waals surface area contributed by atoms with Gasteiger partial charge in [0.1, 0.15) is 17.2 Å². The molecule has 2 atom stereocenters. The molecule has 1 aliphatic heterocycles. The van der Waals surface area contributed by atoms with Crippen LogP contribution in [0.1, 0.15) is 30.6 Å². The maximum atomic E-state index is 12.1. The lowest BCUT2D eigenvalue weighted by Crippen LogP contribution is -2.31. The fourth-order valence-electron chi connectivity index (χ4n) is 3.27. The number of anilines is 1. The predicted molar refractivity (Wildman–Crippen MR) is 115 cm³/mol. The Balaban J connectivity index is 2.11. The van der Waals surface area contributed by atoms with Crippen LogP contribution in [0.4, 0.5) is 5.69 Å². The van der Waals surface area contributed by atoms with Crippen molar-refractivity contribution in [2.75, 3.05) is 26.1 Å². The van der Waals surface area contributed by atoms with Gasteiger partial charge < -0.3 is 24.3 Å². The number of nitrogens with one attached hydrogen (secondary N) is 1. The van der Waals surface area contributed by atoms with Crippen molar-refractivity contribution in [1.29, 1.82) is 0 Å². The molecule has 0 radical (unpaired) electrons. The Morgan fingerprint density at radius 1 is 1.17 bits per heavy atom. The molecule has 0 bridgehead atoms. The molecule has 2 aromatic carbocycles. The summed E-state index contributed by atoms with van der Waals surface area (Å²) < 4.78 is 22.5. The highest BCUT2D eigenvalue weighted by atomic mass is 35.5. The third-order valence-electron chi connectivity index (χ3n) is 4.54. The van der Waals surface area contributed by atoms with Gasteiger partial charge in [-0.2, -0.15) is 0 Å². The number of rotatable bonds is 6. The van der Waals surface area contributed by atoms with E-state index in [0.29, 0.717) is 27.2 Å². The monoisotopic (exact) mass is 435 g/mol. The number of esters is 1. The Labute approximate surface area is 180 Å². The van der Waals surface area contributed by atoms with Crippen LogP contribution < -0.4 is 14.8 Å². The maximum Gasteiger partial charge on any atom is 0.308 e. The van der Waals surface area contributed by atoms with E-state index in [1.165, 1.54) is 0 Å². The number of carbonyl (C=O) groups excluding carboxylic acids is 1. The third-order valence-corrected chi connectivity index (χ3v) is 5.22. The molecule has 0 saturated carbocycles. The van der Waals surface area contributed by atoms with Crippen LogP contribution >= 0.6 is 23.8 Å². The van der Waals surface area contributed by atoms with Crippen molar-refractivity contribution in [2.24, 2.45) is 0 Å². The molecule has 6 nitrogen and oxygen atoms in total. The summed E-state index contributed by atoms with van der Waals surface area (Å²) in [5.74, 6) is 0.711. The highest BCUT2D eigenvalue weighted by Gasteiger charge is 2.34. The van der Waals surface area contributed by atoms with Gasteiger partial charge in [0, 0.05) is 11.1 Å². The Morgan fingerprint density at radius 2 is 1.90 bits per heavy atom. The van der Waals surface area contributed by atoms with E-state index < -0.39 is 18.2 Å². The van der Waals surface area contributed by atoms with Crippen LogP contribution in [0.3, 0.4) is 0 Å². The van der Waals surface area contributed by atoms with Crippen molar-refractivity contribution in [1.82, 2.24) is 0 Å². The highest BCUT2D eigenvalue weighted by molar-refractivity contribution is 7.80. The standard InChI is InChI=1S/C21H22ClNO5S/c1-4-27-17(24)11-16-21(29)23-18-12(7-5-9-14(18)22)19(28-16)13-8-6-10-15(25-2)20(13)26-3/h5-10,16,19H,4,11H2,1-3H3,(H,23,29)/t16-,19+/m0/s1. The molecule has 2 aromatic rings. The van der Waals surface area contributed by atoms with E-state index in [1.807, 2.05) is 24.3 Å². The van der Waals surface area contributed by atoms with E-state index in [4.69, 9.17) is 42.8 Å². The molecule has 154 valence electrons. The first-order chi connectivity index (χ1) is 14.0.